The van der Waals surface area contributed by atoms with Gasteiger partial charge in [-0.05, 0) is 30.5 Å². The number of hydrogen-bond acceptors (Lipinski definition) is 3. The number of carbonyl (C=O) groups is 1. The van der Waals surface area contributed by atoms with Crippen molar-refractivity contribution in [3.05, 3.63) is 35.6 Å². The molecule has 5 heteroatoms. The van der Waals surface area contributed by atoms with Crippen LogP contribution in [0.25, 0.3) is 0 Å². The van der Waals surface area contributed by atoms with Gasteiger partial charge >= 0.3 is 0 Å². The summed E-state index contributed by atoms with van der Waals surface area (Å²) in [5.41, 5.74) is -0.501. The molecule has 0 amide bonds. The largest absolute Gasteiger partial charge is 0.389 e. The van der Waals surface area contributed by atoms with Crippen LogP contribution in [-0.2, 0) is 11.2 Å². The second kappa shape index (κ2) is 5.99. The van der Waals surface area contributed by atoms with E-state index in [1.54, 1.807) is 12.1 Å². The predicted molar refractivity (Wildman–Crippen MR) is 71.6 cm³/mol. The third kappa shape index (κ3) is 3.75. The minimum atomic E-state index is -0.798. The quantitative estimate of drug-likeness (QED) is 0.522. The molecule has 1 unspecified atom stereocenters. The number of hydrogen-bond donors (Lipinski definition) is 1. The minimum Gasteiger partial charge on any atom is -0.389 e. The number of rotatable bonds is 4. The van der Waals surface area contributed by atoms with Gasteiger partial charge in [0.05, 0.1) is 5.60 Å². The number of aliphatic hydroxyl groups is 1. The van der Waals surface area contributed by atoms with Crippen LogP contribution in [0.15, 0.2) is 24.3 Å². The van der Waals surface area contributed by atoms with Gasteiger partial charge in [0.25, 0.3) is 0 Å². The summed E-state index contributed by atoms with van der Waals surface area (Å²) in [6.45, 7) is 1.18. The Kier molecular flexibility index (Phi) is 4.55. The fraction of sp³-hybridized carbons (Fsp3) is 0.500. The Balaban J connectivity index is 1.94. The monoisotopic (exact) mass is 285 g/mol. The Morgan fingerprint density at radius 2 is 1.95 bits per heavy atom. The van der Waals surface area contributed by atoms with Gasteiger partial charge in [-0.1, -0.05) is 23.7 Å². The Morgan fingerprint density at radius 1 is 1.37 bits per heavy atom. The molecule has 2 rings (SSSR count). The third-order valence-corrected chi connectivity index (χ3v) is 4.02. The Morgan fingerprint density at radius 3 is 2.47 bits per heavy atom. The summed E-state index contributed by atoms with van der Waals surface area (Å²) < 4.78 is 12.8. The smallest absolute Gasteiger partial charge is 0.152 e. The van der Waals surface area contributed by atoms with E-state index in [9.17, 15) is 14.3 Å². The van der Waals surface area contributed by atoms with Crippen molar-refractivity contribution in [1.82, 2.24) is 4.90 Å². The second-order valence-electron chi connectivity index (χ2n) is 5.07. The van der Waals surface area contributed by atoms with Gasteiger partial charge in [-0.3, -0.25) is 4.90 Å². The lowest BCUT2D eigenvalue weighted by atomic mass is 9.85. The van der Waals surface area contributed by atoms with Crippen LogP contribution in [0.1, 0.15) is 18.4 Å². The van der Waals surface area contributed by atoms with Crippen LogP contribution in [0.3, 0.4) is 0 Å². The predicted octanol–water partition coefficient (Wildman–Crippen LogP) is 1.96. The maximum atomic E-state index is 12.8. The van der Waals surface area contributed by atoms with Crippen LogP contribution < -0.4 is 0 Å². The number of carbonyl (C=O) groups excluding carboxylic acids is 1. The molecule has 0 aliphatic carbocycles. The number of likely N-dealkylation sites (tertiary alicyclic amines) is 1. The molecule has 0 aromatic heterocycles. The van der Waals surface area contributed by atoms with E-state index in [-0.39, 0.29) is 5.82 Å². The highest BCUT2D eigenvalue weighted by atomic mass is 35.5. The van der Waals surface area contributed by atoms with E-state index < -0.39 is 11.1 Å². The van der Waals surface area contributed by atoms with Crippen molar-refractivity contribution in [2.75, 3.05) is 13.1 Å². The third-order valence-electron chi connectivity index (χ3n) is 3.64. The first-order valence-corrected chi connectivity index (χ1v) is 6.76. The average molecular weight is 286 g/mol. The fourth-order valence-corrected chi connectivity index (χ4v) is 2.63. The maximum absolute atomic E-state index is 12.8. The fourth-order valence-electron chi connectivity index (χ4n) is 2.43. The van der Waals surface area contributed by atoms with Gasteiger partial charge < -0.3 is 9.90 Å². The lowest BCUT2D eigenvalue weighted by Gasteiger charge is -2.39. The van der Waals surface area contributed by atoms with Crippen LogP contribution in [0, 0.1) is 5.82 Å². The zero-order valence-electron chi connectivity index (χ0n) is 10.6. The molecule has 1 aliphatic rings. The van der Waals surface area contributed by atoms with Crippen LogP contribution in [-0.4, -0.2) is 40.5 Å². The van der Waals surface area contributed by atoms with Crippen molar-refractivity contribution in [2.45, 2.75) is 30.4 Å². The Bertz CT molecular complexity index is 430. The Labute approximate surface area is 117 Å². The molecule has 1 atom stereocenters. The first-order chi connectivity index (χ1) is 9.02. The van der Waals surface area contributed by atoms with Crippen molar-refractivity contribution in [2.24, 2.45) is 0 Å². The Hall–Kier alpha value is -0.970. The molecule has 3 nitrogen and oxygen atoms in total. The first kappa shape index (κ1) is 14.4. The number of piperidine rings is 1. The van der Waals surface area contributed by atoms with Gasteiger partial charge in [0.2, 0.25) is 0 Å². The highest BCUT2D eigenvalue weighted by molar-refractivity contribution is 6.27. The van der Waals surface area contributed by atoms with Gasteiger partial charge in [-0.2, -0.15) is 0 Å². The van der Waals surface area contributed by atoms with Crippen molar-refractivity contribution in [1.29, 1.82) is 0 Å². The van der Waals surface area contributed by atoms with Crippen LogP contribution in [0.2, 0.25) is 0 Å². The molecule has 1 heterocycles. The van der Waals surface area contributed by atoms with Gasteiger partial charge in [-0.25, -0.2) is 4.39 Å². The molecule has 104 valence electrons. The number of nitrogens with zero attached hydrogens (tertiary/aromatic N) is 1. The normalized spacial score (nSPS) is 21.0. The molecule has 1 aromatic carbocycles. The number of alkyl halides is 1. The van der Waals surface area contributed by atoms with Crippen molar-refractivity contribution < 1.29 is 14.3 Å². The second-order valence-corrected chi connectivity index (χ2v) is 5.52. The van der Waals surface area contributed by atoms with Crippen LogP contribution in [0.4, 0.5) is 4.39 Å². The summed E-state index contributed by atoms with van der Waals surface area (Å²) in [6, 6.07) is 6.18. The average Bonchev–Trinajstić information content (AvgIpc) is 2.41. The van der Waals surface area contributed by atoms with Crippen LogP contribution in [0.5, 0.6) is 0 Å². The van der Waals surface area contributed by atoms with Gasteiger partial charge in [0, 0.05) is 19.5 Å². The van der Waals surface area contributed by atoms with Crippen molar-refractivity contribution in [3.8, 4) is 0 Å². The van der Waals surface area contributed by atoms with E-state index in [1.807, 2.05) is 4.90 Å². The summed E-state index contributed by atoms with van der Waals surface area (Å²) in [5, 5.41) is 10.5. The SMILES string of the molecule is O=CC(Cl)N1CCC(O)(Cc2ccc(F)cc2)CC1. The molecule has 0 radical (unpaired) electrons. The number of aldehydes is 1. The van der Waals surface area contributed by atoms with E-state index in [0.29, 0.717) is 38.6 Å². The van der Waals surface area contributed by atoms with Crippen molar-refractivity contribution in [3.63, 3.8) is 0 Å². The zero-order chi connectivity index (χ0) is 13.9. The summed E-state index contributed by atoms with van der Waals surface area (Å²) in [6.07, 6.45) is 2.31. The standard InChI is InChI=1S/C14H17ClFNO2/c15-13(10-18)17-7-5-14(19,6-8-17)9-11-1-3-12(16)4-2-11/h1-4,10,13,19H,5-9H2. The molecule has 1 fully saturated rings. The molecule has 0 spiro atoms. The molecular weight excluding hydrogens is 269 g/mol. The topological polar surface area (TPSA) is 40.5 Å². The van der Waals surface area contributed by atoms with E-state index in [1.165, 1.54) is 12.1 Å². The lowest BCUT2D eigenvalue weighted by Crippen LogP contribution is -2.48. The molecule has 0 saturated carbocycles. The molecule has 0 bridgehead atoms. The molecular formula is C14H17ClFNO2. The molecule has 1 aliphatic heterocycles. The van der Waals surface area contributed by atoms with Gasteiger partial charge in [-0.15, -0.1) is 0 Å². The highest BCUT2D eigenvalue weighted by Crippen LogP contribution is 2.27. The molecule has 1 saturated heterocycles. The highest BCUT2D eigenvalue weighted by Gasteiger charge is 2.34. The first-order valence-electron chi connectivity index (χ1n) is 6.33. The number of benzene rings is 1. The van der Waals surface area contributed by atoms with Crippen LogP contribution >= 0.6 is 11.6 Å². The maximum Gasteiger partial charge on any atom is 0.152 e. The van der Waals surface area contributed by atoms with E-state index in [4.69, 9.17) is 11.6 Å². The summed E-state index contributed by atoms with van der Waals surface area (Å²) in [4.78, 5) is 12.5. The van der Waals surface area contributed by atoms with Crippen molar-refractivity contribution >= 4 is 17.9 Å². The summed E-state index contributed by atoms with van der Waals surface area (Å²) in [7, 11) is 0. The molecule has 1 N–H and O–H groups in total. The van der Waals surface area contributed by atoms with Gasteiger partial charge in [0.1, 0.15) is 11.3 Å². The minimum absolute atomic E-state index is 0.276. The summed E-state index contributed by atoms with van der Waals surface area (Å²) in [5.74, 6) is -0.276. The number of halogens is 2. The van der Waals surface area contributed by atoms with E-state index in [0.717, 1.165) is 5.56 Å². The van der Waals surface area contributed by atoms with Gasteiger partial charge in [0.15, 0.2) is 6.29 Å². The molecule has 19 heavy (non-hydrogen) atoms. The van der Waals surface area contributed by atoms with E-state index >= 15 is 0 Å². The lowest BCUT2D eigenvalue weighted by molar-refractivity contribution is -0.111. The summed E-state index contributed by atoms with van der Waals surface area (Å²) >= 11 is 5.85. The van der Waals surface area contributed by atoms with E-state index in [2.05, 4.69) is 0 Å². The molecule has 1 aromatic rings. The zero-order valence-corrected chi connectivity index (χ0v) is 11.3.